The van der Waals surface area contributed by atoms with Gasteiger partial charge in [-0.25, -0.2) is 8.42 Å². The van der Waals surface area contributed by atoms with E-state index in [-0.39, 0.29) is 30.5 Å². The molecule has 2 rings (SSSR count). The highest BCUT2D eigenvalue weighted by molar-refractivity contribution is 7.93. The first-order valence-electron chi connectivity index (χ1n) is 8.04. The molecule has 1 saturated heterocycles. The van der Waals surface area contributed by atoms with E-state index in [1.807, 2.05) is 20.8 Å². The first-order valence-corrected chi connectivity index (χ1v) is 9.69. The van der Waals surface area contributed by atoms with E-state index in [1.165, 1.54) is 0 Å². The lowest BCUT2D eigenvalue weighted by molar-refractivity contribution is -0.131. The lowest BCUT2D eigenvalue weighted by Gasteiger charge is -2.33. The molecule has 1 unspecified atom stereocenters. The van der Waals surface area contributed by atoms with E-state index in [2.05, 4.69) is 10.0 Å². The number of carbonyl (C=O) groups is 1. The number of rotatable bonds is 6. The number of piperazine rings is 1. The fraction of sp³-hybridized carbons (Fsp3) is 0.562. The van der Waals surface area contributed by atoms with Gasteiger partial charge in [0.25, 0.3) is 0 Å². The van der Waals surface area contributed by atoms with Crippen LogP contribution < -0.4 is 14.8 Å². The maximum atomic E-state index is 12.2. The third kappa shape index (κ3) is 6.72. The topological polar surface area (TPSA) is 87.7 Å². The number of carbonyl (C=O) groups excluding carboxylic acids is 1. The number of nitrogens with zero attached hydrogens (tertiary/aromatic N) is 1. The molecular weight excluding hydrogens is 366 g/mol. The van der Waals surface area contributed by atoms with Gasteiger partial charge in [0.2, 0.25) is 15.9 Å². The number of nitrogens with one attached hydrogen (secondary N) is 2. The minimum absolute atomic E-state index is 0. The zero-order chi connectivity index (χ0) is 17.7. The van der Waals surface area contributed by atoms with E-state index in [0.29, 0.717) is 31.1 Å². The number of ether oxygens (including phenoxy) is 1. The molecule has 7 nitrogen and oxygen atoms in total. The van der Waals surface area contributed by atoms with Crippen LogP contribution in [0.5, 0.6) is 5.75 Å². The molecule has 0 radical (unpaired) electrons. The van der Waals surface area contributed by atoms with E-state index in [1.54, 1.807) is 29.2 Å². The fourth-order valence-electron chi connectivity index (χ4n) is 2.55. The van der Waals surface area contributed by atoms with Gasteiger partial charge in [0.05, 0.1) is 6.10 Å². The smallest absolute Gasteiger partial charge is 0.241 e. The number of anilines is 1. The normalized spacial score (nSPS) is 17.8. The van der Waals surface area contributed by atoms with E-state index in [0.717, 1.165) is 0 Å². The highest BCUT2D eigenvalue weighted by Gasteiger charge is 2.27. The molecule has 0 aliphatic carbocycles. The Morgan fingerprint density at radius 3 is 2.56 bits per heavy atom. The van der Waals surface area contributed by atoms with Crippen molar-refractivity contribution in [1.82, 2.24) is 10.2 Å². The standard InChI is InChI=1S/C16H25N3O4S.ClH/c1-12(2)23-15-6-4-14(5-7-15)18-24(21,22)11-16(20)19-9-8-17-10-13(19)3;/h4-7,12-13,17-18H,8-11H2,1-3H3;1H. The zero-order valence-corrected chi connectivity index (χ0v) is 16.3. The molecule has 2 N–H and O–H groups in total. The van der Waals surface area contributed by atoms with Crippen LogP contribution in [0.3, 0.4) is 0 Å². The van der Waals surface area contributed by atoms with Crippen LogP contribution in [0.25, 0.3) is 0 Å². The van der Waals surface area contributed by atoms with Gasteiger partial charge >= 0.3 is 0 Å². The van der Waals surface area contributed by atoms with Crippen LogP contribution >= 0.6 is 12.4 Å². The van der Waals surface area contributed by atoms with Crippen molar-refractivity contribution >= 4 is 34.0 Å². The van der Waals surface area contributed by atoms with E-state index >= 15 is 0 Å². The second-order valence-electron chi connectivity index (χ2n) is 6.19. The predicted molar refractivity (Wildman–Crippen MR) is 101 cm³/mol. The highest BCUT2D eigenvalue weighted by atomic mass is 35.5. The molecule has 0 spiro atoms. The van der Waals surface area contributed by atoms with Gasteiger partial charge in [-0.1, -0.05) is 0 Å². The number of hydrogen-bond acceptors (Lipinski definition) is 5. The summed E-state index contributed by atoms with van der Waals surface area (Å²) in [6, 6.07) is 6.62. The predicted octanol–water partition coefficient (Wildman–Crippen LogP) is 1.46. The third-order valence-electron chi connectivity index (χ3n) is 3.63. The summed E-state index contributed by atoms with van der Waals surface area (Å²) >= 11 is 0. The minimum Gasteiger partial charge on any atom is -0.491 e. The van der Waals surface area contributed by atoms with Crippen molar-refractivity contribution in [3.05, 3.63) is 24.3 Å². The largest absolute Gasteiger partial charge is 0.491 e. The molecule has 1 heterocycles. The molecule has 0 saturated carbocycles. The Hall–Kier alpha value is -1.51. The van der Waals surface area contributed by atoms with Crippen molar-refractivity contribution in [1.29, 1.82) is 0 Å². The van der Waals surface area contributed by atoms with Crippen LogP contribution in [0, 0.1) is 0 Å². The van der Waals surface area contributed by atoms with Gasteiger partial charge in [-0.15, -0.1) is 12.4 Å². The Labute approximate surface area is 155 Å². The molecule has 1 aliphatic rings. The minimum atomic E-state index is -3.74. The van der Waals surface area contributed by atoms with Gasteiger partial charge in [0.1, 0.15) is 11.5 Å². The van der Waals surface area contributed by atoms with Crippen LogP contribution in [0.4, 0.5) is 5.69 Å². The second kappa shape index (κ2) is 9.26. The van der Waals surface area contributed by atoms with Gasteiger partial charge in [0, 0.05) is 31.4 Å². The van der Waals surface area contributed by atoms with Crippen molar-refractivity contribution in [2.24, 2.45) is 0 Å². The number of hydrogen-bond donors (Lipinski definition) is 2. The molecule has 9 heteroatoms. The number of halogens is 1. The average molecular weight is 392 g/mol. The summed E-state index contributed by atoms with van der Waals surface area (Å²) in [5.74, 6) is -0.267. The van der Waals surface area contributed by atoms with Crippen molar-refractivity contribution in [2.45, 2.75) is 32.9 Å². The summed E-state index contributed by atoms with van der Waals surface area (Å²) in [4.78, 5) is 13.9. The Balaban J connectivity index is 0.00000312. The summed E-state index contributed by atoms with van der Waals surface area (Å²) in [6.07, 6.45) is 0.0474. The van der Waals surface area contributed by atoms with Gasteiger partial charge in [0.15, 0.2) is 0 Å². The van der Waals surface area contributed by atoms with E-state index < -0.39 is 15.8 Å². The quantitative estimate of drug-likeness (QED) is 0.766. The highest BCUT2D eigenvalue weighted by Crippen LogP contribution is 2.18. The maximum absolute atomic E-state index is 12.2. The Kier molecular flexibility index (Phi) is 7.98. The first-order chi connectivity index (χ1) is 11.3. The monoisotopic (exact) mass is 391 g/mol. The Bertz CT molecular complexity index is 664. The van der Waals surface area contributed by atoms with Crippen molar-refractivity contribution < 1.29 is 17.9 Å². The molecule has 1 aliphatic heterocycles. The van der Waals surface area contributed by atoms with Crippen molar-refractivity contribution in [2.75, 3.05) is 30.1 Å². The van der Waals surface area contributed by atoms with Crippen LogP contribution in [0.15, 0.2) is 24.3 Å². The zero-order valence-electron chi connectivity index (χ0n) is 14.7. The van der Waals surface area contributed by atoms with Gasteiger partial charge in [-0.05, 0) is 45.0 Å². The molecule has 1 aromatic carbocycles. The molecule has 1 fully saturated rings. The molecule has 1 atom stereocenters. The first kappa shape index (κ1) is 21.5. The lowest BCUT2D eigenvalue weighted by Crippen LogP contribution is -2.53. The van der Waals surface area contributed by atoms with Gasteiger partial charge in [-0.3, -0.25) is 9.52 Å². The number of amides is 1. The average Bonchev–Trinajstić information content (AvgIpc) is 2.48. The summed E-state index contributed by atoms with van der Waals surface area (Å²) in [7, 11) is -3.74. The summed E-state index contributed by atoms with van der Waals surface area (Å²) in [5, 5.41) is 3.17. The molecular formula is C16H26ClN3O4S. The second-order valence-corrected chi connectivity index (χ2v) is 7.91. The van der Waals surface area contributed by atoms with Gasteiger partial charge in [-0.2, -0.15) is 0 Å². The number of benzene rings is 1. The Morgan fingerprint density at radius 2 is 2.00 bits per heavy atom. The van der Waals surface area contributed by atoms with Crippen LogP contribution in [0.2, 0.25) is 0 Å². The molecule has 25 heavy (non-hydrogen) atoms. The van der Waals surface area contributed by atoms with E-state index in [4.69, 9.17) is 4.74 Å². The summed E-state index contributed by atoms with van der Waals surface area (Å²) in [5.41, 5.74) is 0.410. The fourth-order valence-corrected chi connectivity index (χ4v) is 3.60. The molecule has 1 aromatic rings. The van der Waals surface area contributed by atoms with Crippen LogP contribution in [-0.4, -0.2) is 56.8 Å². The van der Waals surface area contributed by atoms with Crippen molar-refractivity contribution in [3.8, 4) is 5.75 Å². The molecule has 142 valence electrons. The molecule has 0 aromatic heterocycles. The molecule has 0 bridgehead atoms. The Morgan fingerprint density at radius 1 is 1.36 bits per heavy atom. The third-order valence-corrected chi connectivity index (χ3v) is 4.81. The lowest BCUT2D eigenvalue weighted by atomic mass is 10.2. The molecule has 1 amide bonds. The summed E-state index contributed by atoms with van der Waals surface area (Å²) < 4.78 is 32.4. The number of sulfonamides is 1. The van der Waals surface area contributed by atoms with E-state index in [9.17, 15) is 13.2 Å². The van der Waals surface area contributed by atoms with Crippen LogP contribution in [0.1, 0.15) is 20.8 Å². The SMILES string of the molecule is CC(C)Oc1ccc(NS(=O)(=O)CC(=O)N2CCNCC2C)cc1.Cl. The van der Waals surface area contributed by atoms with Gasteiger partial charge < -0.3 is 15.0 Å². The van der Waals surface area contributed by atoms with Crippen LogP contribution in [-0.2, 0) is 14.8 Å². The van der Waals surface area contributed by atoms with Crippen molar-refractivity contribution in [3.63, 3.8) is 0 Å². The summed E-state index contributed by atoms with van der Waals surface area (Å²) in [6.45, 7) is 7.62. The maximum Gasteiger partial charge on any atom is 0.241 e.